The molecule has 0 saturated heterocycles. The quantitative estimate of drug-likeness (QED) is 0.239. The van der Waals surface area contributed by atoms with Crippen molar-refractivity contribution < 1.29 is 0 Å². The van der Waals surface area contributed by atoms with E-state index in [1.807, 2.05) is 0 Å². The van der Waals surface area contributed by atoms with Crippen LogP contribution in [0, 0.1) is 47.3 Å². The van der Waals surface area contributed by atoms with Crippen molar-refractivity contribution in [1.29, 1.82) is 0 Å². The summed E-state index contributed by atoms with van der Waals surface area (Å²) in [6, 6.07) is 31.7. The number of benzene rings is 4. The molecule has 4 atom stereocenters. The van der Waals surface area contributed by atoms with E-state index in [9.17, 15) is 0 Å². The fourth-order valence-electron chi connectivity index (χ4n) is 9.23. The van der Waals surface area contributed by atoms with Crippen molar-refractivity contribution in [1.82, 2.24) is 0 Å². The first kappa shape index (κ1) is 26.6. The first-order chi connectivity index (χ1) is 19.0. The minimum atomic E-state index is 0.807. The van der Waals surface area contributed by atoms with Gasteiger partial charge in [-0.3, -0.25) is 0 Å². The predicted molar refractivity (Wildman–Crippen MR) is 169 cm³/mol. The Balaban J connectivity index is 1.07. The highest BCUT2D eigenvalue weighted by molar-refractivity contribution is 5.86. The zero-order valence-electron chi connectivity index (χ0n) is 24.7. The molecule has 39 heavy (non-hydrogen) atoms. The average Bonchev–Trinajstić information content (AvgIpc) is 2.93. The fraction of sp³-hybridized carbons (Fsp3) is 0.487. The van der Waals surface area contributed by atoms with Crippen LogP contribution in [0.1, 0.15) is 70.9 Å². The zero-order chi connectivity index (χ0) is 26.9. The van der Waals surface area contributed by atoms with Crippen LogP contribution >= 0.6 is 0 Å². The van der Waals surface area contributed by atoms with Gasteiger partial charge < -0.3 is 0 Å². The molecule has 0 heteroatoms. The van der Waals surface area contributed by atoms with Crippen LogP contribution in [0.5, 0.6) is 0 Å². The summed E-state index contributed by atoms with van der Waals surface area (Å²) in [6.45, 7) is 10.2. The second-order valence-corrected chi connectivity index (χ2v) is 13.8. The van der Waals surface area contributed by atoms with E-state index >= 15 is 0 Å². The van der Waals surface area contributed by atoms with Gasteiger partial charge in [0.05, 0.1) is 0 Å². The molecule has 2 fully saturated rings. The summed E-state index contributed by atoms with van der Waals surface area (Å²) in [6.07, 6.45) is 9.66. The van der Waals surface area contributed by atoms with Gasteiger partial charge in [-0.15, -0.1) is 0 Å². The van der Waals surface area contributed by atoms with Gasteiger partial charge in [0.25, 0.3) is 0 Å². The Bertz CT molecular complexity index is 1260. The van der Waals surface area contributed by atoms with E-state index in [0.29, 0.717) is 0 Å². The molecular formula is C39H48. The predicted octanol–water partition coefficient (Wildman–Crippen LogP) is 10.8. The first-order valence-corrected chi connectivity index (χ1v) is 15.9. The molecule has 2 aliphatic carbocycles. The lowest BCUT2D eigenvalue weighted by Gasteiger charge is -2.44. The molecule has 204 valence electrons. The third-order valence-electron chi connectivity index (χ3n) is 11.1. The molecule has 0 N–H and O–H groups in total. The summed E-state index contributed by atoms with van der Waals surface area (Å²) in [5.74, 6) is 6.70. The van der Waals surface area contributed by atoms with E-state index < -0.39 is 0 Å². The highest BCUT2D eigenvalue weighted by Crippen LogP contribution is 2.47. The van der Waals surface area contributed by atoms with E-state index in [2.05, 4.69) is 113 Å². The summed E-state index contributed by atoms with van der Waals surface area (Å²) >= 11 is 0. The smallest absolute Gasteiger partial charge is 0.0152 e. The highest BCUT2D eigenvalue weighted by Gasteiger charge is 2.38. The van der Waals surface area contributed by atoms with Gasteiger partial charge >= 0.3 is 0 Å². The van der Waals surface area contributed by atoms with Crippen LogP contribution < -0.4 is 0 Å². The molecule has 0 radical (unpaired) electrons. The molecule has 0 aromatic heterocycles. The maximum absolute atomic E-state index is 2.56. The van der Waals surface area contributed by atoms with E-state index in [-0.39, 0.29) is 0 Å². The summed E-state index contributed by atoms with van der Waals surface area (Å²) in [7, 11) is 0. The van der Waals surface area contributed by atoms with Crippen molar-refractivity contribution >= 4 is 21.5 Å². The minimum absolute atomic E-state index is 0.807. The van der Waals surface area contributed by atoms with Crippen LogP contribution in [-0.2, 0) is 12.8 Å². The second-order valence-electron chi connectivity index (χ2n) is 13.8. The summed E-state index contributed by atoms with van der Waals surface area (Å²) in [5.41, 5.74) is 3.12. The number of hydrogen-bond acceptors (Lipinski definition) is 0. The Morgan fingerprint density at radius 1 is 0.462 bits per heavy atom. The third-order valence-corrected chi connectivity index (χ3v) is 11.1. The van der Waals surface area contributed by atoms with Crippen LogP contribution in [0.3, 0.4) is 0 Å². The van der Waals surface area contributed by atoms with Crippen molar-refractivity contribution in [2.45, 2.75) is 72.6 Å². The number of hydrogen-bond donors (Lipinski definition) is 0. The molecule has 2 saturated carbocycles. The van der Waals surface area contributed by atoms with Crippen molar-refractivity contribution in [3.05, 3.63) is 96.1 Å². The summed E-state index contributed by atoms with van der Waals surface area (Å²) in [4.78, 5) is 0. The van der Waals surface area contributed by atoms with Crippen LogP contribution in [0.2, 0.25) is 0 Å². The Morgan fingerprint density at radius 2 is 0.821 bits per heavy atom. The highest BCUT2D eigenvalue weighted by atomic mass is 14.4. The molecule has 4 aromatic rings. The van der Waals surface area contributed by atoms with Gasteiger partial charge in [0.15, 0.2) is 0 Å². The van der Waals surface area contributed by atoms with E-state index in [0.717, 1.165) is 47.3 Å². The van der Waals surface area contributed by atoms with Crippen molar-refractivity contribution in [3.63, 3.8) is 0 Å². The Morgan fingerprint density at radius 3 is 1.23 bits per heavy atom. The monoisotopic (exact) mass is 516 g/mol. The van der Waals surface area contributed by atoms with Gasteiger partial charge in [-0.25, -0.2) is 0 Å². The van der Waals surface area contributed by atoms with E-state index in [4.69, 9.17) is 0 Å². The molecule has 0 heterocycles. The lowest BCUT2D eigenvalue weighted by molar-refractivity contribution is 0.0742. The average molecular weight is 517 g/mol. The molecule has 0 nitrogen and oxygen atoms in total. The van der Waals surface area contributed by atoms with Crippen molar-refractivity contribution in [2.75, 3.05) is 0 Å². The molecule has 0 amide bonds. The molecule has 0 spiro atoms. The van der Waals surface area contributed by atoms with Crippen LogP contribution in [0.15, 0.2) is 84.9 Å². The van der Waals surface area contributed by atoms with Crippen LogP contribution in [0.25, 0.3) is 21.5 Å². The van der Waals surface area contributed by atoms with Gasteiger partial charge in [-0.2, -0.15) is 0 Å². The summed E-state index contributed by atoms with van der Waals surface area (Å²) in [5, 5.41) is 5.71. The molecular weight excluding hydrogens is 468 g/mol. The minimum Gasteiger partial charge on any atom is -0.0622 e. The van der Waals surface area contributed by atoms with Gasteiger partial charge in [0, 0.05) is 0 Å². The van der Waals surface area contributed by atoms with E-state index in [1.165, 1.54) is 66.5 Å². The van der Waals surface area contributed by atoms with Gasteiger partial charge in [-0.05, 0) is 125 Å². The normalized spacial score (nSPS) is 31.5. The number of fused-ring (bicyclic) bond motifs is 2. The van der Waals surface area contributed by atoms with Gasteiger partial charge in [-0.1, -0.05) is 113 Å². The van der Waals surface area contributed by atoms with Crippen molar-refractivity contribution in [3.8, 4) is 0 Å². The first-order valence-electron chi connectivity index (χ1n) is 15.9. The lowest BCUT2D eigenvalue weighted by Crippen LogP contribution is -2.35. The molecule has 4 unspecified atom stereocenters. The van der Waals surface area contributed by atoms with Crippen LogP contribution in [-0.4, -0.2) is 0 Å². The summed E-state index contributed by atoms with van der Waals surface area (Å²) < 4.78 is 0. The Hall–Kier alpha value is -2.60. The maximum atomic E-state index is 2.56. The third kappa shape index (κ3) is 5.68. The van der Waals surface area contributed by atoms with Gasteiger partial charge in [0.2, 0.25) is 0 Å². The fourth-order valence-corrected chi connectivity index (χ4v) is 9.23. The topological polar surface area (TPSA) is 0 Å². The van der Waals surface area contributed by atoms with Crippen molar-refractivity contribution in [2.24, 2.45) is 47.3 Å². The van der Waals surface area contributed by atoms with E-state index in [1.54, 1.807) is 11.1 Å². The largest absolute Gasteiger partial charge is 0.0622 e. The molecule has 4 aromatic carbocycles. The molecule has 2 aliphatic rings. The molecule has 6 rings (SSSR count). The molecule has 0 aliphatic heterocycles. The Kier molecular flexibility index (Phi) is 7.84. The maximum Gasteiger partial charge on any atom is -0.0152 e. The standard InChI is InChI=1S/C39H48/c1-26-19-30(20-27(2)38(26)24-34-15-9-13-32-11-5-7-17-36(32)34)23-31-21-28(3)39(29(4)22-31)25-35-16-10-14-33-12-6-8-18-37(33)35/h5-18,26-31,38-39H,19-25H2,1-4H3. The van der Waals surface area contributed by atoms with Crippen LogP contribution in [0.4, 0.5) is 0 Å². The lowest BCUT2D eigenvalue weighted by atomic mass is 9.61. The second kappa shape index (κ2) is 11.5. The number of rotatable bonds is 6. The molecule has 0 bridgehead atoms. The Labute approximate surface area is 237 Å². The van der Waals surface area contributed by atoms with Gasteiger partial charge in [0.1, 0.15) is 0 Å². The SMILES string of the molecule is CC1CC(CC2CC(C)C(Cc3cccc4ccccc34)C(C)C2)CC(C)C1Cc1cccc2ccccc12. The zero-order valence-corrected chi connectivity index (χ0v) is 24.7.